The Balaban J connectivity index is 1.46. The fourth-order valence-corrected chi connectivity index (χ4v) is 6.66. The van der Waals surface area contributed by atoms with E-state index in [4.69, 9.17) is 35.3 Å². The summed E-state index contributed by atoms with van der Waals surface area (Å²) in [5.41, 5.74) is 6.72. The number of benzene rings is 4. The molecule has 250 valence electrons. The molecule has 5 atom stereocenters. The Morgan fingerprint density at radius 1 is 0.830 bits per heavy atom. The van der Waals surface area contributed by atoms with Crippen LogP contribution in [0.5, 0.6) is 0 Å². The molecule has 1 saturated heterocycles. The second-order valence-corrected chi connectivity index (χ2v) is 12.8. The van der Waals surface area contributed by atoms with Gasteiger partial charge in [-0.3, -0.25) is 0 Å². The highest BCUT2D eigenvalue weighted by atomic mass is 35.5. The second-order valence-electron chi connectivity index (χ2n) is 12.4. The first kappa shape index (κ1) is 35.2. The van der Waals surface area contributed by atoms with Crippen molar-refractivity contribution in [2.75, 3.05) is 20.5 Å². The quantitative estimate of drug-likeness (QED) is 0.103. The highest BCUT2D eigenvalue weighted by Gasteiger charge is 2.55. The molecule has 4 aromatic carbocycles. The minimum Gasteiger partial charge on any atom is -0.370 e. The van der Waals surface area contributed by atoms with Gasteiger partial charge in [-0.25, -0.2) is 0 Å². The Morgan fingerprint density at radius 3 is 2.06 bits per heavy atom. The Morgan fingerprint density at radius 2 is 1.45 bits per heavy atom. The Labute approximate surface area is 284 Å². The van der Waals surface area contributed by atoms with Crippen LogP contribution in [0.15, 0.2) is 97.1 Å². The third kappa shape index (κ3) is 8.89. The third-order valence-corrected chi connectivity index (χ3v) is 9.36. The van der Waals surface area contributed by atoms with E-state index in [2.05, 4.69) is 38.1 Å². The van der Waals surface area contributed by atoms with Gasteiger partial charge in [-0.1, -0.05) is 110 Å². The molecule has 0 aliphatic carbocycles. The number of rotatable bonds is 15. The van der Waals surface area contributed by atoms with Crippen molar-refractivity contribution in [2.45, 2.75) is 77.3 Å². The maximum atomic E-state index is 12.8. The van der Waals surface area contributed by atoms with Crippen LogP contribution in [-0.2, 0) is 55.5 Å². The van der Waals surface area contributed by atoms with Gasteiger partial charge in [0.15, 0.2) is 0 Å². The topological polar surface area (TPSA) is 66.4 Å². The van der Waals surface area contributed by atoms with Crippen LogP contribution in [0.25, 0.3) is 0 Å². The number of methoxy groups -OCH3 is 1. The largest absolute Gasteiger partial charge is 0.370 e. The zero-order chi connectivity index (χ0) is 33.2. The molecular formula is C40H47ClO6. The number of hydrogen-bond donors (Lipinski definition) is 1. The summed E-state index contributed by atoms with van der Waals surface area (Å²) < 4.78 is 30.4. The van der Waals surface area contributed by atoms with Gasteiger partial charge in [0.2, 0.25) is 5.79 Å². The van der Waals surface area contributed by atoms with Crippen LogP contribution >= 0.6 is 11.6 Å². The van der Waals surface area contributed by atoms with Crippen molar-refractivity contribution >= 4 is 11.6 Å². The van der Waals surface area contributed by atoms with Crippen molar-refractivity contribution < 1.29 is 28.8 Å². The van der Waals surface area contributed by atoms with E-state index in [9.17, 15) is 5.11 Å². The summed E-state index contributed by atoms with van der Waals surface area (Å²) in [6.07, 6.45) is 0.606. The van der Waals surface area contributed by atoms with Crippen molar-refractivity contribution in [1.29, 1.82) is 0 Å². The highest BCUT2D eigenvalue weighted by Crippen LogP contribution is 2.45. The lowest BCUT2D eigenvalue weighted by atomic mass is 9.80. The predicted octanol–water partition coefficient (Wildman–Crippen LogP) is 8.16. The fourth-order valence-electron chi connectivity index (χ4n) is 6.38. The van der Waals surface area contributed by atoms with Gasteiger partial charge in [-0.05, 0) is 71.7 Å². The second kappa shape index (κ2) is 16.8. The molecule has 0 aromatic heterocycles. The van der Waals surface area contributed by atoms with Crippen molar-refractivity contribution in [3.05, 3.63) is 141 Å². The smallest absolute Gasteiger partial charge is 0.222 e. The zero-order valence-electron chi connectivity index (χ0n) is 27.9. The zero-order valence-corrected chi connectivity index (χ0v) is 28.6. The molecule has 0 spiro atoms. The lowest BCUT2D eigenvalue weighted by molar-refractivity contribution is -0.361. The molecule has 1 N–H and O–H groups in total. The summed E-state index contributed by atoms with van der Waals surface area (Å²) >= 11 is 6.86. The molecule has 0 bridgehead atoms. The highest BCUT2D eigenvalue weighted by molar-refractivity contribution is 6.31. The number of aliphatic hydroxyl groups is 1. The third-order valence-electron chi connectivity index (χ3n) is 9.01. The molecule has 0 saturated carbocycles. The Hall–Kier alpha value is -3.07. The number of aryl methyl sites for hydroxylation is 1. The molecule has 4 aromatic rings. The number of hydrogen-bond acceptors (Lipinski definition) is 6. The average molecular weight is 659 g/mol. The van der Waals surface area contributed by atoms with Crippen LogP contribution in [-0.4, -0.2) is 43.9 Å². The van der Waals surface area contributed by atoms with E-state index in [1.807, 2.05) is 79.7 Å². The maximum absolute atomic E-state index is 12.8. The molecule has 1 fully saturated rings. The fraction of sp³-hybridized carbons (Fsp3) is 0.400. The van der Waals surface area contributed by atoms with E-state index >= 15 is 0 Å². The first-order chi connectivity index (χ1) is 22.8. The van der Waals surface area contributed by atoms with E-state index in [1.54, 1.807) is 7.11 Å². The van der Waals surface area contributed by atoms with Crippen molar-refractivity contribution in [1.82, 2.24) is 0 Å². The molecule has 5 rings (SSSR count). The van der Waals surface area contributed by atoms with Crippen LogP contribution in [0.4, 0.5) is 0 Å². The SMILES string of the molecule is CC[C@H]1O[C@@](O)(c2cc(Cc3ccc(CCOCOC)cc3)c(Cl)cc2C)[C@H](OCc2ccccc2)[C@@H](OCc2ccccc2)[C@@H]1C. The van der Waals surface area contributed by atoms with Gasteiger partial charge in [0.1, 0.15) is 12.9 Å². The van der Waals surface area contributed by atoms with Crippen LogP contribution in [0, 0.1) is 12.8 Å². The van der Waals surface area contributed by atoms with Crippen LogP contribution < -0.4 is 0 Å². The van der Waals surface area contributed by atoms with Crippen LogP contribution in [0.2, 0.25) is 5.02 Å². The normalized spacial score (nSPS) is 22.8. The van der Waals surface area contributed by atoms with Gasteiger partial charge < -0.3 is 28.8 Å². The van der Waals surface area contributed by atoms with E-state index in [-0.39, 0.29) is 12.0 Å². The molecular weight excluding hydrogens is 612 g/mol. The first-order valence-electron chi connectivity index (χ1n) is 16.5. The monoisotopic (exact) mass is 658 g/mol. The molecule has 47 heavy (non-hydrogen) atoms. The molecule has 0 amide bonds. The molecule has 1 heterocycles. The minimum atomic E-state index is -1.78. The van der Waals surface area contributed by atoms with Crippen LogP contribution in [0.1, 0.15) is 59.2 Å². The number of halogens is 1. The Bertz CT molecular complexity index is 1530. The van der Waals surface area contributed by atoms with E-state index in [0.29, 0.717) is 50.0 Å². The Kier molecular flexibility index (Phi) is 12.6. The molecule has 1 aliphatic heterocycles. The van der Waals surface area contributed by atoms with E-state index in [1.165, 1.54) is 5.56 Å². The van der Waals surface area contributed by atoms with Gasteiger partial charge >= 0.3 is 0 Å². The summed E-state index contributed by atoms with van der Waals surface area (Å²) in [6, 6.07) is 32.4. The molecule has 0 unspecified atom stereocenters. The average Bonchev–Trinajstić information content (AvgIpc) is 3.09. The summed E-state index contributed by atoms with van der Waals surface area (Å²) in [5, 5.41) is 13.4. The van der Waals surface area contributed by atoms with Gasteiger partial charge in [0.05, 0.1) is 32.0 Å². The van der Waals surface area contributed by atoms with Crippen molar-refractivity contribution in [3.63, 3.8) is 0 Å². The number of ether oxygens (including phenoxy) is 5. The summed E-state index contributed by atoms with van der Waals surface area (Å²) in [6.45, 7) is 7.74. The van der Waals surface area contributed by atoms with Gasteiger partial charge in [0.25, 0.3) is 0 Å². The minimum absolute atomic E-state index is 0.0322. The lowest BCUT2D eigenvalue weighted by Gasteiger charge is -2.50. The van der Waals surface area contributed by atoms with E-state index in [0.717, 1.165) is 34.2 Å². The standard InChI is InChI=1S/C40H47ClO6/c1-5-37-29(3)38(45-25-32-12-8-6-9-13-32)39(46-26-33-14-10-7-11-15-33)40(42,47-37)35-24-34(36(41)22-28(35)2)23-31-18-16-30(17-19-31)20-21-44-27-43-4/h6-19,22,24,29,37-39,42H,5,20-21,23,25-27H2,1-4H3/t29-,37-,38+,39-,40+/m1/s1. The van der Waals surface area contributed by atoms with Gasteiger partial charge in [-0.15, -0.1) is 0 Å². The predicted molar refractivity (Wildman–Crippen MR) is 185 cm³/mol. The van der Waals surface area contributed by atoms with Crippen molar-refractivity contribution in [3.8, 4) is 0 Å². The van der Waals surface area contributed by atoms with Gasteiger partial charge in [-0.2, -0.15) is 0 Å². The first-order valence-corrected chi connectivity index (χ1v) is 16.8. The summed E-state index contributed by atoms with van der Waals surface area (Å²) in [5.74, 6) is -1.81. The lowest BCUT2D eigenvalue weighted by Crippen LogP contribution is -2.61. The summed E-state index contributed by atoms with van der Waals surface area (Å²) in [7, 11) is 1.62. The summed E-state index contributed by atoms with van der Waals surface area (Å²) in [4.78, 5) is 0. The van der Waals surface area contributed by atoms with Crippen molar-refractivity contribution in [2.24, 2.45) is 5.92 Å². The molecule has 7 heteroatoms. The molecule has 0 radical (unpaired) electrons. The molecule has 6 nitrogen and oxygen atoms in total. The van der Waals surface area contributed by atoms with Crippen LogP contribution in [0.3, 0.4) is 0 Å². The van der Waals surface area contributed by atoms with E-state index < -0.39 is 18.0 Å². The van der Waals surface area contributed by atoms with Gasteiger partial charge in [0, 0.05) is 23.6 Å². The molecule has 1 aliphatic rings. The maximum Gasteiger partial charge on any atom is 0.222 e.